The molecule has 2 heterocycles. The van der Waals surface area contributed by atoms with E-state index >= 15 is 0 Å². The quantitative estimate of drug-likeness (QED) is 0.849. The Hall–Kier alpha value is -0.830. The molecular formula is C17H29N3. The number of aromatic nitrogens is 2. The van der Waals surface area contributed by atoms with Gasteiger partial charge in [-0.15, -0.1) is 0 Å². The van der Waals surface area contributed by atoms with E-state index in [1.807, 2.05) is 0 Å². The van der Waals surface area contributed by atoms with Crippen LogP contribution in [0.4, 0.5) is 0 Å². The fourth-order valence-corrected chi connectivity index (χ4v) is 3.88. The average Bonchev–Trinajstić information content (AvgIpc) is 2.88. The van der Waals surface area contributed by atoms with Gasteiger partial charge in [0.15, 0.2) is 0 Å². The van der Waals surface area contributed by atoms with Gasteiger partial charge in [-0.05, 0) is 24.7 Å². The van der Waals surface area contributed by atoms with Crippen molar-refractivity contribution in [2.24, 2.45) is 5.41 Å². The maximum Gasteiger partial charge on any atom is 0.114 e. The summed E-state index contributed by atoms with van der Waals surface area (Å²) in [6.07, 6.45) is 5.08. The van der Waals surface area contributed by atoms with Crippen molar-refractivity contribution in [3.8, 4) is 0 Å². The normalized spacial score (nSPS) is 25.8. The van der Waals surface area contributed by atoms with Gasteiger partial charge in [0, 0.05) is 36.7 Å². The largest absolute Gasteiger partial charge is 0.328 e. The summed E-state index contributed by atoms with van der Waals surface area (Å²) in [6.45, 7) is 13.8. The van der Waals surface area contributed by atoms with Crippen LogP contribution in [-0.4, -0.2) is 16.1 Å². The van der Waals surface area contributed by atoms with Crippen LogP contribution >= 0.6 is 0 Å². The number of nitrogens with zero attached hydrogens (tertiary/aromatic N) is 2. The minimum absolute atomic E-state index is 0.129. The molecule has 1 atom stereocenters. The molecule has 1 aliphatic carbocycles. The minimum Gasteiger partial charge on any atom is -0.328 e. The van der Waals surface area contributed by atoms with Gasteiger partial charge in [-0.25, -0.2) is 4.98 Å². The summed E-state index contributed by atoms with van der Waals surface area (Å²) in [4.78, 5) is 5.01. The number of nitrogens with one attached hydrogen (secondary N) is 1. The van der Waals surface area contributed by atoms with Crippen molar-refractivity contribution in [1.29, 1.82) is 0 Å². The topological polar surface area (TPSA) is 29.9 Å². The third kappa shape index (κ3) is 2.41. The predicted octanol–water partition coefficient (Wildman–Crippen LogP) is 3.58. The molecule has 0 aromatic carbocycles. The van der Waals surface area contributed by atoms with Crippen LogP contribution in [-0.2, 0) is 18.4 Å². The highest BCUT2D eigenvalue weighted by Gasteiger charge is 2.37. The van der Waals surface area contributed by atoms with Crippen LogP contribution < -0.4 is 5.32 Å². The molecule has 0 bridgehead atoms. The van der Waals surface area contributed by atoms with Gasteiger partial charge in [0.05, 0.1) is 5.69 Å². The maximum atomic E-state index is 5.01. The van der Waals surface area contributed by atoms with Gasteiger partial charge < -0.3 is 9.88 Å². The van der Waals surface area contributed by atoms with E-state index < -0.39 is 0 Å². The van der Waals surface area contributed by atoms with Crippen LogP contribution in [0.25, 0.3) is 0 Å². The molecule has 1 aliphatic heterocycles. The van der Waals surface area contributed by atoms with E-state index in [2.05, 4.69) is 44.5 Å². The Balaban J connectivity index is 2.06. The number of fused-ring (bicyclic) bond motifs is 1. The Morgan fingerprint density at radius 3 is 2.65 bits per heavy atom. The van der Waals surface area contributed by atoms with Crippen molar-refractivity contribution in [3.05, 3.63) is 17.2 Å². The monoisotopic (exact) mass is 275 g/mol. The average molecular weight is 275 g/mol. The zero-order valence-corrected chi connectivity index (χ0v) is 13.7. The van der Waals surface area contributed by atoms with Crippen molar-refractivity contribution in [2.45, 2.75) is 78.3 Å². The van der Waals surface area contributed by atoms with Crippen LogP contribution in [0.15, 0.2) is 0 Å². The first kappa shape index (κ1) is 14.1. The Kier molecular flexibility index (Phi) is 3.24. The summed E-state index contributed by atoms with van der Waals surface area (Å²) in [5, 5.41) is 3.46. The zero-order valence-electron chi connectivity index (χ0n) is 13.7. The molecule has 2 aliphatic rings. The molecule has 3 rings (SSSR count). The molecule has 1 aromatic rings. The summed E-state index contributed by atoms with van der Waals surface area (Å²) in [5.74, 6) is 1.30. The molecule has 3 nitrogen and oxygen atoms in total. The summed E-state index contributed by atoms with van der Waals surface area (Å²) < 4.78 is 2.63. The van der Waals surface area contributed by atoms with Crippen molar-refractivity contribution < 1.29 is 0 Å². The lowest BCUT2D eigenvalue weighted by Crippen LogP contribution is -2.27. The fourth-order valence-electron chi connectivity index (χ4n) is 3.88. The van der Waals surface area contributed by atoms with Gasteiger partial charge >= 0.3 is 0 Å². The smallest absolute Gasteiger partial charge is 0.114 e. The van der Waals surface area contributed by atoms with Gasteiger partial charge in [0.2, 0.25) is 0 Å². The lowest BCUT2D eigenvalue weighted by Gasteiger charge is -2.27. The Bertz CT molecular complexity index is 505. The minimum atomic E-state index is 0.129. The molecule has 1 unspecified atom stereocenters. The van der Waals surface area contributed by atoms with Gasteiger partial charge in [0.25, 0.3) is 0 Å². The molecule has 3 heteroatoms. The van der Waals surface area contributed by atoms with E-state index in [0.29, 0.717) is 11.5 Å². The molecule has 0 saturated heterocycles. The summed E-state index contributed by atoms with van der Waals surface area (Å²) in [5.41, 5.74) is 3.43. The fraction of sp³-hybridized carbons (Fsp3) is 0.824. The van der Waals surface area contributed by atoms with Crippen LogP contribution in [0.1, 0.15) is 77.1 Å². The van der Waals surface area contributed by atoms with Crippen LogP contribution in [0, 0.1) is 5.41 Å². The van der Waals surface area contributed by atoms with E-state index in [1.165, 1.54) is 36.5 Å². The first-order valence-electron chi connectivity index (χ1n) is 8.09. The van der Waals surface area contributed by atoms with Gasteiger partial charge in [-0.3, -0.25) is 0 Å². The molecule has 0 radical (unpaired) electrons. The lowest BCUT2D eigenvalue weighted by atomic mass is 9.91. The van der Waals surface area contributed by atoms with Crippen molar-refractivity contribution in [2.75, 3.05) is 6.54 Å². The number of hydrogen-bond donors (Lipinski definition) is 1. The molecular weight excluding hydrogens is 246 g/mol. The van der Waals surface area contributed by atoms with Gasteiger partial charge in [-0.1, -0.05) is 34.6 Å². The Morgan fingerprint density at radius 2 is 2.05 bits per heavy atom. The second-order valence-corrected chi connectivity index (χ2v) is 8.44. The van der Waals surface area contributed by atoms with Gasteiger partial charge in [-0.2, -0.15) is 0 Å². The second kappa shape index (κ2) is 4.59. The van der Waals surface area contributed by atoms with Crippen LogP contribution in [0.3, 0.4) is 0 Å². The second-order valence-electron chi connectivity index (χ2n) is 8.44. The number of rotatable bonds is 1. The molecule has 20 heavy (non-hydrogen) atoms. The first-order valence-corrected chi connectivity index (χ1v) is 8.09. The third-order valence-electron chi connectivity index (χ3n) is 4.90. The van der Waals surface area contributed by atoms with Crippen molar-refractivity contribution >= 4 is 0 Å². The molecule has 1 aromatic heterocycles. The van der Waals surface area contributed by atoms with Crippen molar-refractivity contribution in [1.82, 2.24) is 14.9 Å². The highest BCUT2D eigenvalue weighted by Crippen LogP contribution is 2.45. The third-order valence-corrected chi connectivity index (χ3v) is 4.90. The molecule has 0 amide bonds. The number of imidazole rings is 1. The molecule has 112 valence electrons. The number of hydrogen-bond acceptors (Lipinski definition) is 2. The predicted molar refractivity (Wildman–Crippen MR) is 83.0 cm³/mol. The summed E-state index contributed by atoms with van der Waals surface area (Å²) >= 11 is 0. The van der Waals surface area contributed by atoms with E-state index in [0.717, 1.165) is 19.5 Å². The van der Waals surface area contributed by atoms with Crippen molar-refractivity contribution in [3.63, 3.8) is 0 Å². The van der Waals surface area contributed by atoms with Crippen LogP contribution in [0.5, 0.6) is 0 Å². The van der Waals surface area contributed by atoms with E-state index in [-0.39, 0.29) is 5.41 Å². The standard InChI is InChI=1S/C17H29N3/c1-16(2,3)15-19-13-11-18-9-7-14(13)20(15)12-6-8-17(4,5)10-12/h12,18H,6-11H2,1-5H3. The lowest BCUT2D eigenvalue weighted by molar-refractivity contribution is 0.346. The van der Waals surface area contributed by atoms with Crippen LogP contribution in [0.2, 0.25) is 0 Å². The summed E-state index contributed by atoms with van der Waals surface area (Å²) in [7, 11) is 0. The molecule has 1 N–H and O–H groups in total. The van der Waals surface area contributed by atoms with E-state index in [1.54, 1.807) is 0 Å². The van der Waals surface area contributed by atoms with Gasteiger partial charge in [0.1, 0.15) is 5.82 Å². The Morgan fingerprint density at radius 1 is 1.30 bits per heavy atom. The maximum absolute atomic E-state index is 5.01. The zero-order chi connectivity index (χ0) is 14.5. The van der Waals surface area contributed by atoms with E-state index in [4.69, 9.17) is 4.98 Å². The molecule has 0 spiro atoms. The SMILES string of the molecule is CC1(C)CCC(n2c(C(C)(C)C)nc3c2CCNC3)C1. The highest BCUT2D eigenvalue weighted by atomic mass is 15.2. The Labute approximate surface area is 123 Å². The highest BCUT2D eigenvalue weighted by molar-refractivity contribution is 5.25. The first-order chi connectivity index (χ1) is 9.28. The molecule has 1 fully saturated rings. The summed E-state index contributed by atoms with van der Waals surface area (Å²) in [6, 6.07) is 0.661. The van der Waals surface area contributed by atoms with E-state index in [9.17, 15) is 0 Å². The molecule has 1 saturated carbocycles.